The van der Waals surface area contributed by atoms with Crippen LogP contribution in [0.15, 0.2) is 48.5 Å². The van der Waals surface area contributed by atoms with Gasteiger partial charge in [0.15, 0.2) is 5.82 Å². The first-order valence-corrected chi connectivity index (χ1v) is 10.9. The highest BCUT2D eigenvalue weighted by atomic mass is 16.5. The summed E-state index contributed by atoms with van der Waals surface area (Å²) in [5.41, 5.74) is 3.45. The second-order valence-corrected chi connectivity index (χ2v) is 8.83. The molecular formula is C25H32N4O3. The first-order valence-electron chi connectivity index (χ1n) is 10.9. The zero-order chi connectivity index (χ0) is 23.1. The van der Waals surface area contributed by atoms with Crippen LogP contribution < -0.4 is 10.1 Å². The Morgan fingerprint density at radius 3 is 2.59 bits per heavy atom. The van der Waals surface area contributed by atoms with E-state index in [0.29, 0.717) is 37.8 Å². The van der Waals surface area contributed by atoms with E-state index in [2.05, 4.69) is 15.4 Å². The number of anilines is 1. The van der Waals surface area contributed by atoms with E-state index in [-0.39, 0.29) is 17.3 Å². The third kappa shape index (κ3) is 6.40. The summed E-state index contributed by atoms with van der Waals surface area (Å²) in [6, 6.07) is 15.9. The Hall–Kier alpha value is -3.19. The molecule has 32 heavy (non-hydrogen) atoms. The van der Waals surface area contributed by atoms with Gasteiger partial charge in [-0.3, -0.25) is 4.79 Å². The lowest BCUT2D eigenvalue weighted by Gasteiger charge is -2.17. The van der Waals surface area contributed by atoms with E-state index < -0.39 is 0 Å². The third-order valence-corrected chi connectivity index (χ3v) is 4.70. The molecule has 0 radical (unpaired) electrons. The van der Waals surface area contributed by atoms with Gasteiger partial charge in [0.2, 0.25) is 5.91 Å². The van der Waals surface area contributed by atoms with Crippen LogP contribution in [0.25, 0.3) is 17.1 Å². The summed E-state index contributed by atoms with van der Waals surface area (Å²) in [6.45, 7) is 11.6. The topological polar surface area (TPSA) is 78.3 Å². The Morgan fingerprint density at radius 2 is 1.88 bits per heavy atom. The van der Waals surface area contributed by atoms with Crippen molar-refractivity contribution in [1.29, 1.82) is 0 Å². The normalized spacial score (nSPS) is 11.4. The Morgan fingerprint density at radius 1 is 1.09 bits per heavy atom. The van der Waals surface area contributed by atoms with Gasteiger partial charge < -0.3 is 14.8 Å². The molecule has 0 aliphatic heterocycles. The minimum absolute atomic E-state index is 0.0210. The summed E-state index contributed by atoms with van der Waals surface area (Å²) in [5, 5.41) is 7.58. The van der Waals surface area contributed by atoms with Crippen LogP contribution in [-0.2, 0) is 9.53 Å². The number of nitrogens with one attached hydrogen (secondary N) is 1. The Bertz CT molecular complexity index is 1050. The van der Waals surface area contributed by atoms with Gasteiger partial charge in [-0.05, 0) is 43.0 Å². The lowest BCUT2D eigenvalue weighted by molar-refractivity contribution is -0.117. The zero-order valence-electron chi connectivity index (χ0n) is 19.5. The summed E-state index contributed by atoms with van der Waals surface area (Å²) in [5.74, 6) is 0.653. The van der Waals surface area contributed by atoms with Crippen molar-refractivity contribution in [3.05, 3.63) is 54.1 Å². The van der Waals surface area contributed by atoms with Crippen molar-refractivity contribution >= 4 is 11.6 Å². The molecule has 1 N–H and O–H groups in total. The summed E-state index contributed by atoms with van der Waals surface area (Å²) < 4.78 is 12.8. The van der Waals surface area contributed by atoms with Crippen LogP contribution in [0.5, 0.6) is 6.01 Å². The molecule has 0 saturated heterocycles. The molecule has 1 aromatic heterocycles. The van der Waals surface area contributed by atoms with Crippen molar-refractivity contribution in [3.8, 4) is 23.1 Å². The number of carbonyl (C=O) groups excluding carboxylic acids is 1. The first-order chi connectivity index (χ1) is 15.3. The lowest BCUT2D eigenvalue weighted by atomic mass is 9.92. The largest absolute Gasteiger partial charge is 0.460 e. The molecule has 7 nitrogen and oxygen atoms in total. The molecule has 0 fully saturated rings. The average molecular weight is 437 g/mol. The number of aromatic nitrogens is 3. The van der Waals surface area contributed by atoms with Crippen LogP contribution in [0, 0.1) is 12.3 Å². The smallest absolute Gasteiger partial charge is 0.336 e. The van der Waals surface area contributed by atoms with Gasteiger partial charge in [-0.15, -0.1) is 5.10 Å². The molecule has 2 aromatic carbocycles. The lowest BCUT2D eigenvalue weighted by Crippen LogP contribution is -2.19. The number of hydrogen-bond donors (Lipinski definition) is 1. The van der Waals surface area contributed by atoms with E-state index in [4.69, 9.17) is 9.47 Å². The van der Waals surface area contributed by atoms with E-state index in [9.17, 15) is 4.79 Å². The van der Waals surface area contributed by atoms with Gasteiger partial charge in [-0.1, -0.05) is 51.1 Å². The monoisotopic (exact) mass is 436 g/mol. The van der Waals surface area contributed by atoms with Gasteiger partial charge >= 0.3 is 6.01 Å². The molecule has 0 aliphatic rings. The van der Waals surface area contributed by atoms with Crippen LogP contribution in [0.3, 0.4) is 0 Å². The van der Waals surface area contributed by atoms with Gasteiger partial charge in [0.1, 0.15) is 6.61 Å². The number of nitrogens with zero attached hydrogens (tertiary/aromatic N) is 3. The van der Waals surface area contributed by atoms with E-state index in [0.717, 1.165) is 16.8 Å². The van der Waals surface area contributed by atoms with Gasteiger partial charge in [-0.2, -0.15) is 4.98 Å². The summed E-state index contributed by atoms with van der Waals surface area (Å²) in [6.07, 6.45) is 0.437. The molecule has 0 aliphatic carbocycles. The summed E-state index contributed by atoms with van der Waals surface area (Å²) in [4.78, 5) is 17.0. The highest BCUT2D eigenvalue weighted by molar-refractivity contribution is 5.91. The summed E-state index contributed by atoms with van der Waals surface area (Å²) >= 11 is 0. The number of hydrogen-bond acceptors (Lipinski definition) is 5. The van der Waals surface area contributed by atoms with Gasteiger partial charge in [0.25, 0.3) is 0 Å². The van der Waals surface area contributed by atoms with Gasteiger partial charge in [-0.25, -0.2) is 4.68 Å². The van der Waals surface area contributed by atoms with Gasteiger partial charge in [0, 0.05) is 24.3 Å². The maximum Gasteiger partial charge on any atom is 0.336 e. The number of amides is 1. The Labute approximate surface area is 189 Å². The van der Waals surface area contributed by atoms with E-state index in [1.807, 2.05) is 83.1 Å². The van der Waals surface area contributed by atoms with Crippen LogP contribution in [0.1, 0.15) is 39.7 Å². The van der Waals surface area contributed by atoms with Crippen molar-refractivity contribution in [1.82, 2.24) is 14.8 Å². The van der Waals surface area contributed by atoms with Crippen molar-refractivity contribution < 1.29 is 14.3 Å². The molecule has 0 saturated carbocycles. The fourth-order valence-corrected chi connectivity index (χ4v) is 3.27. The minimum atomic E-state index is -0.0840. The van der Waals surface area contributed by atoms with Crippen molar-refractivity contribution in [3.63, 3.8) is 0 Å². The third-order valence-electron chi connectivity index (χ3n) is 4.70. The number of ether oxygens (including phenoxy) is 2. The van der Waals surface area contributed by atoms with Crippen molar-refractivity contribution in [2.45, 2.75) is 41.0 Å². The van der Waals surface area contributed by atoms with Crippen LogP contribution in [-0.4, -0.2) is 40.5 Å². The number of aryl methyl sites for hydroxylation is 1. The molecule has 0 bridgehead atoms. The van der Waals surface area contributed by atoms with E-state index in [1.165, 1.54) is 0 Å². The fraction of sp³-hybridized carbons (Fsp3) is 0.400. The van der Waals surface area contributed by atoms with Crippen LogP contribution in [0.4, 0.5) is 5.69 Å². The number of carbonyl (C=O) groups is 1. The standard InChI is InChI=1S/C25H32N4O3/c1-6-31-14-15-32-24-27-23(21-13-8-7-10-18(21)2)29(28-24)20-12-9-11-19(16-20)26-22(30)17-25(3,4)5/h7-13,16H,6,14-15,17H2,1-5H3,(H,26,30). The second-order valence-electron chi connectivity index (χ2n) is 8.83. The first kappa shape index (κ1) is 23.5. The Kier molecular flexibility index (Phi) is 7.64. The molecule has 3 rings (SSSR count). The molecule has 1 amide bonds. The molecule has 0 atom stereocenters. The fourth-order valence-electron chi connectivity index (χ4n) is 3.27. The molecule has 170 valence electrons. The molecule has 0 unspecified atom stereocenters. The second kappa shape index (κ2) is 10.4. The molecule has 3 aromatic rings. The number of rotatable bonds is 9. The molecule has 1 heterocycles. The number of benzene rings is 2. The zero-order valence-corrected chi connectivity index (χ0v) is 19.5. The van der Waals surface area contributed by atoms with Crippen LogP contribution >= 0.6 is 0 Å². The van der Waals surface area contributed by atoms with Crippen molar-refractivity contribution in [2.24, 2.45) is 5.41 Å². The summed E-state index contributed by atoms with van der Waals surface area (Å²) in [7, 11) is 0. The van der Waals surface area contributed by atoms with E-state index >= 15 is 0 Å². The Balaban J connectivity index is 1.92. The highest BCUT2D eigenvalue weighted by Crippen LogP contribution is 2.27. The average Bonchev–Trinajstić information content (AvgIpc) is 3.14. The maximum absolute atomic E-state index is 12.4. The molecule has 7 heteroatoms. The van der Waals surface area contributed by atoms with Gasteiger partial charge in [0.05, 0.1) is 12.3 Å². The predicted molar refractivity (Wildman–Crippen MR) is 126 cm³/mol. The molecule has 0 spiro atoms. The van der Waals surface area contributed by atoms with E-state index in [1.54, 1.807) is 4.68 Å². The minimum Gasteiger partial charge on any atom is -0.460 e. The molecular weight excluding hydrogens is 404 g/mol. The predicted octanol–water partition coefficient (Wildman–Crippen LogP) is 5.03. The van der Waals surface area contributed by atoms with Crippen molar-refractivity contribution in [2.75, 3.05) is 25.1 Å². The van der Waals surface area contributed by atoms with Crippen LogP contribution in [0.2, 0.25) is 0 Å². The SMILES string of the molecule is CCOCCOc1nc(-c2ccccc2C)n(-c2cccc(NC(=O)CC(C)(C)C)c2)n1. The maximum atomic E-state index is 12.4. The quantitative estimate of drug-likeness (QED) is 0.476. The highest BCUT2D eigenvalue weighted by Gasteiger charge is 2.18.